The van der Waals surface area contributed by atoms with E-state index < -0.39 is 5.82 Å². The van der Waals surface area contributed by atoms with E-state index >= 15 is 0 Å². The molecule has 162 valence electrons. The Labute approximate surface area is 177 Å². The molecule has 4 N–H and O–H groups in total. The molecule has 2 aliphatic heterocycles. The Morgan fingerprint density at radius 2 is 1.90 bits per heavy atom. The van der Waals surface area contributed by atoms with E-state index in [1.807, 2.05) is 0 Å². The van der Waals surface area contributed by atoms with Crippen molar-refractivity contribution in [2.75, 3.05) is 44.0 Å². The number of pyridine rings is 1. The first-order valence-electron chi connectivity index (χ1n) is 10.7. The molecule has 4 rings (SSSR count). The summed E-state index contributed by atoms with van der Waals surface area (Å²) < 4.78 is 20.4. The number of rotatable bonds is 7. The lowest BCUT2D eigenvalue weighted by molar-refractivity contribution is 0.122. The van der Waals surface area contributed by atoms with Gasteiger partial charge >= 0.3 is 0 Å². The van der Waals surface area contributed by atoms with Crippen molar-refractivity contribution < 1.29 is 9.13 Å². The van der Waals surface area contributed by atoms with Gasteiger partial charge in [-0.2, -0.15) is 0 Å². The van der Waals surface area contributed by atoms with Crippen molar-refractivity contribution in [2.45, 2.75) is 38.3 Å². The molecule has 1 aromatic heterocycles. The van der Waals surface area contributed by atoms with E-state index in [1.54, 1.807) is 31.4 Å². The molecule has 30 heavy (non-hydrogen) atoms. The van der Waals surface area contributed by atoms with Crippen LogP contribution >= 0.6 is 0 Å². The van der Waals surface area contributed by atoms with Gasteiger partial charge in [0.1, 0.15) is 11.6 Å². The molecule has 1 aromatic carbocycles. The highest BCUT2D eigenvalue weighted by Gasteiger charge is 2.27. The molecule has 2 fully saturated rings. The molecule has 0 unspecified atom stereocenters. The van der Waals surface area contributed by atoms with Crippen LogP contribution < -0.4 is 21.3 Å². The first-order valence-corrected chi connectivity index (χ1v) is 10.7. The van der Waals surface area contributed by atoms with Crippen LogP contribution in [0.2, 0.25) is 0 Å². The number of ether oxygens (including phenoxy) is 1. The second-order valence-corrected chi connectivity index (χ2v) is 8.03. The number of likely N-dealkylation sites (tertiary alicyclic amines) is 2. The van der Waals surface area contributed by atoms with Gasteiger partial charge in [0.2, 0.25) is 0 Å². The Kier molecular flexibility index (Phi) is 6.66. The lowest BCUT2D eigenvalue weighted by atomic mass is 10.0. The van der Waals surface area contributed by atoms with Gasteiger partial charge in [0.05, 0.1) is 5.56 Å². The lowest BCUT2D eigenvalue weighted by Crippen LogP contribution is -2.43. The van der Waals surface area contributed by atoms with Crippen LogP contribution in [-0.2, 0) is 6.54 Å². The number of hydrogen-bond acceptors (Lipinski definition) is 7. The number of nitrogen functional groups attached to an aromatic ring is 1. The quantitative estimate of drug-likeness (QED) is 0.473. The smallest absolute Gasteiger partial charge is 0.167 e. The molecule has 2 aromatic rings. The number of nitrogens with zero attached hydrogens (tertiary/aromatic N) is 3. The Morgan fingerprint density at radius 1 is 1.13 bits per heavy atom. The number of hydrogen-bond donors (Lipinski definition) is 3. The molecule has 0 radical (unpaired) electrons. The average Bonchev–Trinajstić information content (AvgIpc) is 3.31. The van der Waals surface area contributed by atoms with Crippen molar-refractivity contribution in [1.29, 1.82) is 0 Å². The number of halogens is 1. The van der Waals surface area contributed by atoms with E-state index in [-0.39, 0.29) is 5.75 Å². The molecular formula is C22H31FN6O. The number of piperidine rings is 1. The van der Waals surface area contributed by atoms with Gasteiger partial charge < -0.3 is 20.4 Å². The predicted octanol–water partition coefficient (Wildman–Crippen LogP) is 3.40. The fourth-order valence-corrected chi connectivity index (χ4v) is 4.48. The minimum Gasteiger partial charge on any atom is -0.454 e. The largest absolute Gasteiger partial charge is 0.454 e. The van der Waals surface area contributed by atoms with Crippen LogP contribution in [0.25, 0.3) is 0 Å². The molecule has 0 aliphatic carbocycles. The summed E-state index contributed by atoms with van der Waals surface area (Å²) >= 11 is 0. The van der Waals surface area contributed by atoms with E-state index in [2.05, 4.69) is 25.5 Å². The number of nitrogens with one attached hydrogen (secondary N) is 2. The molecule has 7 nitrogen and oxygen atoms in total. The van der Waals surface area contributed by atoms with Crippen LogP contribution in [0.15, 0.2) is 30.5 Å². The summed E-state index contributed by atoms with van der Waals surface area (Å²) in [7, 11) is 1.75. The van der Waals surface area contributed by atoms with Gasteiger partial charge in [0.15, 0.2) is 11.6 Å². The van der Waals surface area contributed by atoms with Crippen molar-refractivity contribution in [3.05, 3.63) is 41.8 Å². The zero-order valence-corrected chi connectivity index (χ0v) is 17.5. The first-order chi connectivity index (χ1) is 14.7. The summed E-state index contributed by atoms with van der Waals surface area (Å²) in [4.78, 5) is 9.38. The third-order valence-electron chi connectivity index (χ3n) is 6.19. The SMILES string of the molecule is CNc1ccc(Oc2ccnc(NN)c2CN2CCC(N3CCCC3)CC2)c(F)c1. The lowest BCUT2D eigenvalue weighted by Gasteiger charge is -2.37. The van der Waals surface area contributed by atoms with E-state index in [0.717, 1.165) is 18.7 Å². The van der Waals surface area contributed by atoms with Crippen molar-refractivity contribution in [1.82, 2.24) is 14.8 Å². The molecule has 0 amide bonds. The van der Waals surface area contributed by atoms with E-state index in [9.17, 15) is 4.39 Å². The van der Waals surface area contributed by atoms with Gasteiger partial charge in [0, 0.05) is 37.6 Å². The van der Waals surface area contributed by atoms with E-state index in [4.69, 9.17) is 10.6 Å². The third kappa shape index (κ3) is 4.66. The van der Waals surface area contributed by atoms with Gasteiger partial charge in [-0.05, 0) is 70.1 Å². The standard InChI is InChI=1S/C22H31FN6O/c1-25-16-4-5-21(19(23)14-16)30-20-6-9-26-22(27-24)18(20)15-28-12-7-17(8-13-28)29-10-2-3-11-29/h4-6,9,14,17,25H,2-3,7-8,10-13,15,24H2,1H3,(H,26,27). The number of hydrazine groups is 1. The Balaban J connectivity index is 1.47. The normalized spacial score (nSPS) is 18.5. The topological polar surface area (TPSA) is 78.7 Å². The molecule has 0 saturated carbocycles. The van der Waals surface area contributed by atoms with Crippen LogP contribution in [0.4, 0.5) is 15.9 Å². The van der Waals surface area contributed by atoms with E-state index in [0.29, 0.717) is 29.8 Å². The van der Waals surface area contributed by atoms with Crippen LogP contribution in [0.5, 0.6) is 11.5 Å². The van der Waals surface area contributed by atoms with Crippen molar-refractivity contribution in [3.8, 4) is 11.5 Å². The Bertz CT molecular complexity index is 850. The minimum absolute atomic E-state index is 0.178. The molecule has 0 atom stereocenters. The van der Waals surface area contributed by atoms with Gasteiger partial charge in [-0.3, -0.25) is 4.90 Å². The van der Waals surface area contributed by atoms with Gasteiger partial charge in [-0.25, -0.2) is 15.2 Å². The zero-order valence-electron chi connectivity index (χ0n) is 17.5. The van der Waals surface area contributed by atoms with Crippen LogP contribution in [0, 0.1) is 5.82 Å². The van der Waals surface area contributed by atoms with Gasteiger partial charge in [0.25, 0.3) is 0 Å². The minimum atomic E-state index is -0.418. The Hall–Kier alpha value is -2.42. The van der Waals surface area contributed by atoms with Crippen molar-refractivity contribution in [3.63, 3.8) is 0 Å². The molecule has 8 heteroatoms. The summed E-state index contributed by atoms with van der Waals surface area (Å²) in [5.74, 6) is 6.60. The van der Waals surface area contributed by atoms with E-state index in [1.165, 1.54) is 44.8 Å². The van der Waals surface area contributed by atoms with Crippen LogP contribution in [0.1, 0.15) is 31.2 Å². The van der Waals surface area contributed by atoms with Gasteiger partial charge in [-0.15, -0.1) is 0 Å². The third-order valence-corrected chi connectivity index (χ3v) is 6.19. The molecule has 0 bridgehead atoms. The molecule has 2 saturated heterocycles. The molecule has 3 heterocycles. The number of aromatic nitrogens is 1. The maximum Gasteiger partial charge on any atom is 0.167 e. The molecular weight excluding hydrogens is 383 g/mol. The summed E-state index contributed by atoms with van der Waals surface area (Å²) in [5.41, 5.74) is 4.21. The van der Waals surface area contributed by atoms with Gasteiger partial charge in [-0.1, -0.05) is 0 Å². The second kappa shape index (κ2) is 9.59. The Morgan fingerprint density at radius 3 is 2.57 bits per heavy atom. The maximum atomic E-state index is 14.5. The predicted molar refractivity (Wildman–Crippen MR) is 117 cm³/mol. The summed E-state index contributed by atoms with van der Waals surface area (Å²) in [6.45, 7) is 5.18. The number of nitrogens with two attached hydrogens (primary N) is 1. The summed E-state index contributed by atoms with van der Waals surface area (Å²) in [5, 5.41) is 2.92. The molecule has 0 spiro atoms. The van der Waals surface area contributed by atoms with Crippen molar-refractivity contribution >= 4 is 11.5 Å². The first kappa shape index (κ1) is 20.8. The number of benzene rings is 1. The second-order valence-electron chi connectivity index (χ2n) is 8.03. The van der Waals surface area contributed by atoms with Crippen molar-refractivity contribution in [2.24, 2.45) is 5.84 Å². The highest BCUT2D eigenvalue weighted by atomic mass is 19.1. The average molecular weight is 415 g/mol. The zero-order chi connectivity index (χ0) is 20.9. The summed E-state index contributed by atoms with van der Waals surface area (Å²) in [6, 6.07) is 7.28. The van der Waals surface area contributed by atoms with Crippen LogP contribution in [-0.4, -0.2) is 54.1 Å². The highest BCUT2D eigenvalue weighted by Crippen LogP contribution is 2.33. The maximum absolute atomic E-state index is 14.5. The molecule has 2 aliphatic rings. The fourth-order valence-electron chi connectivity index (χ4n) is 4.48. The van der Waals surface area contributed by atoms with Crippen LogP contribution in [0.3, 0.4) is 0 Å². The monoisotopic (exact) mass is 414 g/mol. The fraction of sp³-hybridized carbons (Fsp3) is 0.500. The highest BCUT2D eigenvalue weighted by molar-refractivity contribution is 5.53. The number of anilines is 2. The summed E-state index contributed by atoms with van der Waals surface area (Å²) in [6.07, 6.45) is 6.61.